The number of carbonyl (C=O) groups is 2. The van der Waals surface area contributed by atoms with Crippen LogP contribution in [0.25, 0.3) is 0 Å². The molecule has 0 aliphatic rings. The normalized spacial score (nSPS) is 12.4. The summed E-state index contributed by atoms with van der Waals surface area (Å²) in [5.41, 5.74) is 1.86. The molecule has 0 spiro atoms. The number of aryl methyl sites for hydroxylation is 1. The zero-order valence-corrected chi connectivity index (χ0v) is 23.2. The first-order valence-corrected chi connectivity index (χ1v) is 13.9. The largest absolute Gasteiger partial charge is 0.352 e. The van der Waals surface area contributed by atoms with Crippen molar-refractivity contribution >= 4 is 55.1 Å². The number of rotatable bonds is 10. The van der Waals surface area contributed by atoms with Gasteiger partial charge in [-0.25, -0.2) is 8.42 Å². The van der Waals surface area contributed by atoms with Gasteiger partial charge in [0.25, 0.3) is 0 Å². The van der Waals surface area contributed by atoms with Crippen molar-refractivity contribution in [2.24, 2.45) is 0 Å². The smallest absolute Gasteiger partial charge is 0.244 e. The molecule has 0 saturated carbocycles. The summed E-state index contributed by atoms with van der Waals surface area (Å²) in [7, 11) is -3.78. The summed E-state index contributed by atoms with van der Waals surface area (Å²) in [4.78, 5) is 28.0. The molecule has 1 N–H and O–H groups in total. The Morgan fingerprint density at radius 1 is 1.15 bits per heavy atom. The minimum absolute atomic E-state index is 0.0689. The molecule has 186 valence electrons. The molecule has 0 fully saturated rings. The van der Waals surface area contributed by atoms with E-state index in [-0.39, 0.29) is 18.5 Å². The van der Waals surface area contributed by atoms with E-state index in [2.05, 4.69) is 21.2 Å². The van der Waals surface area contributed by atoms with Crippen LogP contribution in [0.1, 0.15) is 38.3 Å². The Hall–Kier alpha value is -2.10. The average molecular weight is 573 g/mol. The fraction of sp³-hybridized carbons (Fsp3) is 0.417. The quantitative estimate of drug-likeness (QED) is 0.454. The molecule has 2 rings (SSSR count). The summed E-state index contributed by atoms with van der Waals surface area (Å²) in [6, 6.07) is 11.2. The first kappa shape index (κ1) is 28.1. The van der Waals surface area contributed by atoms with Crippen molar-refractivity contribution in [3.05, 3.63) is 63.1 Å². The van der Waals surface area contributed by atoms with Crippen molar-refractivity contribution in [3.8, 4) is 0 Å². The van der Waals surface area contributed by atoms with Gasteiger partial charge in [0.15, 0.2) is 0 Å². The topological polar surface area (TPSA) is 86.8 Å². The predicted molar refractivity (Wildman–Crippen MR) is 140 cm³/mol. The molecule has 0 saturated heterocycles. The predicted octanol–water partition coefficient (Wildman–Crippen LogP) is 4.51. The molecule has 2 aromatic rings. The second-order valence-corrected chi connectivity index (χ2v) is 11.6. The lowest BCUT2D eigenvalue weighted by molar-refractivity contribution is -0.140. The molecule has 34 heavy (non-hydrogen) atoms. The minimum Gasteiger partial charge on any atom is -0.352 e. The summed E-state index contributed by atoms with van der Waals surface area (Å²) in [5.74, 6) is -0.806. The summed E-state index contributed by atoms with van der Waals surface area (Å²) < 4.78 is 27.2. The van der Waals surface area contributed by atoms with E-state index in [1.807, 2.05) is 27.7 Å². The third kappa shape index (κ3) is 7.45. The molecule has 0 radical (unpaired) electrons. The Kier molecular flexibility index (Phi) is 9.96. The van der Waals surface area contributed by atoms with Crippen molar-refractivity contribution < 1.29 is 18.0 Å². The van der Waals surface area contributed by atoms with Gasteiger partial charge in [-0.3, -0.25) is 13.9 Å². The zero-order valence-electron chi connectivity index (χ0n) is 20.0. The maximum atomic E-state index is 13.6. The van der Waals surface area contributed by atoms with E-state index in [4.69, 9.17) is 11.6 Å². The fourth-order valence-corrected chi connectivity index (χ4v) is 4.79. The number of anilines is 1. The second kappa shape index (κ2) is 12.0. The van der Waals surface area contributed by atoms with Crippen molar-refractivity contribution in [2.75, 3.05) is 17.1 Å². The minimum atomic E-state index is -3.78. The average Bonchev–Trinajstić information content (AvgIpc) is 2.73. The molecule has 0 bridgehead atoms. The number of amides is 2. The van der Waals surface area contributed by atoms with Crippen molar-refractivity contribution in [1.82, 2.24) is 10.2 Å². The van der Waals surface area contributed by atoms with E-state index in [9.17, 15) is 18.0 Å². The number of halogens is 2. The first-order valence-electron chi connectivity index (χ1n) is 10.9. The summed E-state index contributed by atoms with van der Waals surface area (Å²) in [6.45, 7) is 6.94. The van der Waals surface area contributed by atoms with Gasteiger partial charge in [0.05, 0.1) is 11.9 Å². The molecule has 0 aromatic heterocycles. The highest BCUT2D eigenvalue weighted by Crippen LogP contribution is 2.26. The summed E-state index contributed by atoms with van der Waals surface area (Å²) in [6.07, 6.45) is 1.41. The SMILES string of the molecule is CC[C@H](C(=O)NC(C)C)N(Cc1ccccc1Cl)C(=O)CN(c1ccc(Br)c(C)c1)S(C)(=O)=O. The van der Waals surface area contributed by atoms with E-state index in [0.29, 0.717) is 22.7 Å². The van der Waals surface area contributed by atoms with Gasteiger partial charge in [-0.2, -0.15) is 0 Å². The Morgan fingerprint density at radius 3 is 2.32 bits per heavy atom. The number of nitrogens with one attached hydrogen (secondary N) is 1. The van der Waals surface area contributed by atoms with Crippen LogP contribution in [-0.2, 0) is 26.2 Å². The lowest BCUT2D eigenvalue weighted by Crippen LogP contribution is -2.53. The molecule has 0 aliphatic heterocycles. The molecule has 0 unspecified atom stereocenters. The van der Waals surface area contributed by atoms with Crippen LogP contribution in [0.4, 0.5) is 5.69 Å². The number of nitrogens with zero attached hydrogens (tertiary/aromatic N) is 2. The van der Waals surface area contributed by atoms with Crippen LogP contribution in [0.5, 0.6) is 0 Å². The molecular formula is C24H31BrClN3O4S. The molecule has 7 nitrogen and oxygen atoms in total. The monoisotopic (exact) mass is 571 g/mol. The summed E-state index contributed by atoms with van der Waals surface area (Å²) in [5, 5.41) is 3.32. The van der Waals surface area contributed by atoms with E-state index in [1.165, 1.54) is 4.90 Å². The highest BCUT2D eigenvalue weighted by molar-refractivity contribution is 9.10. The molecule has 0 heterocycles. The Balaban J connectivity index is 2.48. The number of benzene rings is 2. The van der Waals surface area contributed by atoms with Crippen LogP contribution in [-0.4, -0.2) is 50.0 Å². The van der Waals surface area contributed by atoms with Gasteiger partial charge in [-0.1, -0.05) is 52.7 Å². The Labute approximate surface area is 215 Å². The van der Waals surface area contributed by atoms with Crippen LogP contribution >= 0.6 is 27.5 Å². The van der Waals surface area contributed by atoms with Crippen molar-refractivity contribution in [2.45, 2.75) is 52.7 Å². The number of hydrogen-bond donors (Lipinski definition) is 1. The fourth-order valence-electron chi connectivity index (χ4n) is 3.51. The van der Waals surface area contributed by atoms with Gasteiger partial charge in [0.2, 0.25) is 21.8 Å². The van der Waals surface area contributed by atoms with Gasteiger partial charge in [-0.15, -0.1) is 0 Å². The number of carbonyl (C=O) groups excluding carboxylic acids is 2. The van der Waals surface area contributed by atoms with Crippen LogP contribution in [0.2, 0.25) is 5.02 Å². The lowest BCUT2D eigenvalue weighted by Gasteiger charge is -2.33. The Morgan fingerprint density at radius 2 is 1.79 bits per heavy atom. The standard InChI is InChI=1S/C24H31BrClN3O4S/c1-6-22(24(31)27-16(2)3)28(14-18-9-7-8-10-21(18)26)23(30)15-29(34(5,32)33)19-11-12-20(25)17(4)13-19/h7-13,16,22H,6,14-15H2,1-5H3,(H,27,31)/t22-/m1/s1. The van der Waals surface area contributed by atoms with Gasteiger partial charge < -0.3 is 10.2 Å². The zero-order chi connectivity index (χ0) is 25.6. The highest BCUT2D eigenvalue weighted by Gasteiger charge is 2.32. The van der Waals surface area contributed by atoms with Gasteiger partial charge >= 0.3 is 0 Å². The van der Waals surface area contributed by atoms with E-state index in [1.54, 1.807) is 42.5 Å². The molecule has 1 atom stereocenters. The molecule has 2 aromatic carbocycles. The van der Waals surface area contributed by atoms with Gasteiger partial charge in [0.1, 0.15) is 12.6 Å². The third-order valence-electron chi connectivity index (χ3n) is 5.22. The molecule has 2 amide bonds. The van der Waals surface area contributed by atoms with Crippen LogP contribution in [0, 0.1) is 6.92 Å². The van der Waals surface area contributed by atoms with Crippen molar-refractivity contribution in [1.29, 1.82) is 0 Å². The van der Waals surface area contributed by atoms with Crippen LogP contribution < -0.4 is 9.62 Å². The third-order valence-corrected chi connectivity index (χ3v) is 7.62. The van der Waals surface area contributed by atoms with E-state index < -0.39 is 28.5 Å². The van der Waals surface area contributed by atoms with E-state index >= 15 is 0 Å². The maximum Gasteiger partial charge on any atom is 0.244 e. The number of sulfonamides is 1. The van der Waals surface area contributed by atoms with Crippen LogP contribution in [0.3, 0.4) is 0 Å². The Bertz CT molecular complexity index is 1140. The first-order chi connectivity index (χ1) is 15.8. The summed E-state index contributed by atoms with van der Waals surface area (Å²) >= 11 is 9.75. The van der Waals surface area contributed by atoms with Crippen LogP contribution in [0.15, 0.2) is 46.9 Å². The van der Waals surface area contributed by atoms with Gasteiger partial charge in [-0.05, 0) is 62.6 Å². The second-order valence-electron chi connectivity index (χ2n) is 8.40. The van der Waals surface area contributed by atoms with E-state index in [0.717, 1.165) is 20.6 Å². The number of hydrogen-bond acceptors (Lipinski definition) is 4. The molecule has 0 aliphatic carbocycles. The lowest BCUT2D eigenvalue weighted by atomic mass is 10.1. The highest BCUT2D eigenvalue weighted by atomic mass is 79.9. The van der Waals surface area contributed by atoms with Crippen molar-refractivity contribution in [3.63, 3.8) is 0 Å². The molecule has 10 heteroatoms. The van der Waals surface area contributed by atoms with Gasteiger partial charge in [0, 0.05) is 22.1 Å². The molecular weight excluding hydrogens is 542 g/mol. The maximum absolute atomic E-state index is 13.6.